The number of rotatable bonds is 3. The van der Waals surface area contributed by atoms with Crippen molar-refractivity contribution in [2.45, 2.75) is 52.2 Å². The van der Waals surface area contributed by atoms with Crippen molar-refractivity contribution in [2.24, 2.45) is 12.5 Å². The van der Waals surface area contributed by atoms with E-state index in [2.05, 4.69) is 30.7 Å². The highest BCUT2D eigenvalue weighted by Crippen LogP contribution is 2.33. The minimum atomic E-state index is -0.149. The van der Waals surface area contributed by atoms with Gasteiger partial charge in [0.05, 0.1) is 11.7 Å². The van der Waals surface area contributed by atoms with Gasteiger partial charge in [0, 0.05) is 38.8 Å². The second kappa shape index (κ2) is 6.96. The van der Waals surface area contributed by atoms with Crippen molar-refractivity contribution in [2.75, 3.05) is 18.0 Å². The fourth-order valence-corrected chi connectivity index (χ4v) is 4.86. The highest BCUT2D eigenvalue weighted by molar-refractivity contribution is 5.90. The molecular weight excluding hydrogens is 396 g/mol. The summed E-state index contributed by atoms with van der Waals surface area (Å²) in [6, 6.07) is 4.28. The molecule has 0 aliphatic carbocycles. The minimum Gasteiger partial charge on any atom is -0.441 e. The van der Waals surface area contributed by atoms with Crippen LogP contribution in [0.3, 0.4) is 0 Å². The first kappa shape index (κ1) is 19.8. The van der Waals surface area contributed by atoms with E-state index >= 15 is 0 Å². The van der Waals surface area contributed by atoms with Crippen molar-refractivity contribution in [1.82, 2.24) is 24.0 Å². The molecule has 9 nitrogen and oxygen atoms in total. The number of piperazine rings is 1. The highest BCUT2D eigenvalue weighted by atomic mass is 16.4. The third-order valence-corrected chi connectivity index (χ3v) is 6.30. The van der Waals surface area contributed by atoms with Gasteiger partial charge in [-0.3, -0.25) is 13.9 Å². The Morgan fingerprint density at radius 2 is 1.97 bits per heavy atom. The number of hydrogen-bond donors (Lipinski definition) is 0. The molecule has 31 heavy (non-hydrogen) atoms. The van der Waals surface area contributed by atoms with E-state index in [1.54, 1.807) is 11.6 Å². The molecule has 3 aliphatic rings. The van der Waals surface area contributed by atoms with Gasteiger partial charge in [-0.2, -0.15) is 0 Å². The lowest BCUT2D eigenvalue weighted by Crippen LogP contribution is -2.64. The van der Waals surface area contributed by atoms with Crippen molar-refractivity contribution < 1.29 is 9.21 Å². The summed E-state index contributed by atoms with van der Waals surface area (Å²) in [4.78, 5) is 38.6. The van der Waals surface area contributed by atoms with E-state index in [1.807, 2.05) is 21.6 Å². The molecule has 9 heteroatoms. The molecule has 3 saturated heterocycles. The Morgan fingerprint density at radius 3 is 2.61 bits per heavy atom. The Balaban J connectivity index is 1.44. The van der Waals surface area contributed by atoms with E-state index in [0.29, 0.717) is 25.3 Å². The normalized spacial score (nSPS) is 21.3. The van der Waals surface area contributed by atoms with Crippen LogP contribution in [0, 0.1) is 5.41 Å². The minimum absolute atomic E-state index is 0.0123. The summed E-state index contributed by atoms with van der Waals surface area (Å²) in [5, 5.41) is 0. The highest BCUT2D eigenvalue weighted by Gasteiger charge is 2.42. The quantitative estimate of drug-likeness (QED) is 0.641. The van der Waals surface area contributed by atoms with Crippen LogP contribution in [-0.2, 0) is 13.6 Å². The van der Waals surface area contributed by atoms with Gasteiger partial charge in [0.1, 0.15) is 12.1 Å². The number of piperidine rings is 2. The molecule has 0 spiro atoms. The fourth-order valence-electron chi connectivity index (χ4n) is 4.86. The molecule has 0 saturated carbocycles. The number of imidazole rings is 1. The van der Waals surface area contributed by atoms with Gasteiger partial charge in [-0.15, -0.1) is 0 Å². The number of carbonyl (C=O) groups excluding carboxylic acids is 1. The molecule has 2 atom stereocenters. The summed E-state index contributed by atoms with van der Waals surface area (Å²) in [5.74, 6) is 0.854. The van der Waals surface area contributed by atoms with E-state index in [-0.39, 0.29) is 35.0 Å². The Morgan fingerprint density at radius 1 is 1.19 bits per heavy atom. The molecule has 3 aromatic heterocycles. The zero-order chi connectivity index (χ0) is 21.9. The fraction of sp³-hybridized carbons (Fsp3) is 0.545. The molecule has 3 aliphatic heterocycles. The van der Waals surface area contributed by atoms with E-state index in [4.69, 9.17) is 9.40 Å². The second-order valence-electron chi connectivity index (χ2n) is 9.83. The van der Waals surface area contributed by atoms with Crippen LogP contribution >= 0.6 is 0 Å². The van der Waals surface area contributed by atoms with Gasteiger partial charge in [0.2, 0.25) is 0 Å². The first-order valence-corrected chi connectivity index (χ1v) is 10.8. The van der Waals surface area contributed by atoms with Crippen molar-refractivity contribution in [1.29, 1.82) is 0 Å². The van der Waals surface area contributed by atoms with Crippen LogP contribution in [0.4, 0.5) is 5.82 Å². The number of oxazole rings is 1. The van der Waals surface area contributed by atoms with E-state index < -0.39 is 0 Å². The summed E-state index contributed by atoms with van der Waals surface area (Å²) >= 11 is 0. The number of amides is 1. The van der Waals surface area contributed by atoms with E-state index in [1.165, 1.54) is 12.5 Å². The molecule has 0 aromatic carbocycles. The van der Waals surface area contributed by atoms with Crippen molar-refractivity contribution in [3.8, 4) is 0 Å². The maximum absolute atomic E-state index is 12.8. The van der Waals surface area contributed by atoms with Gasteiger partial charge in [-0.25, -0.2) is 14.8 Å². The maximum Gasteiger partial charge on any atom is 0.330 e. The third-order valence-electron chi connectivity index (χ3n) is 6.30. The Hall–Kier alpha value is -3.10. The van der Waals surface area contributed by atoms with Crippen molar-refractivity contribution in [3.63, 3.8) is 0 Å². The average molecular weight is 425 g/mol. The number of hydrogen-bond acceptors (Lipinski definition) is 6. The monoisotopic (exact) mass is 424 g/mol. The Labute approximate surface area is 180 Å². The number of aromatic nitrogens is 4. The number of aryl methyl sites for hydroxylation is 1. The van der Waals surface area contributed by atoms with Crippen LogP contribution in [0.25, 0.3) is 11.2 Å². The summed E-state index contributed by atoms with van der Waals surface area (Å²) in [7, 11) is 1.78. The first-order valence-electron chi connectivity index (χ1n) is 10.8. The SMILES string of the molecule is Cn1c(=O)n(CC(C)(C)C)c2ccc(N3CC4CCC3CN4C(=O)c3ncco3)nc21. The molecule has 0 radical (unpaired) electrons. The summed E-state index contributed by atoms with van der Waals surface area (Å²) in [6.07, 6.45) is 4.88. The number of anilines is 1. The third kappa shape index (κ3) is 3.32. The molecule has 1 amide bonds. The van der Waals surface area contributed by atoms with Crippen LogP contribution in [0.2, 0.25) is 0 Å². The molecule has 164 valence electrons. The standard InChI is InChI=1S/C22H28N6O3/c1-22(2,3)13-28-16-7-8-17(24-18(16)25(4)21(28)30)26-11-15-6-5-14(26)12-27(15)20(29)19-23-9-10-31-19/h7-10,14-15H,5-6,11-13H2,1-4H3. The zero-order valence-electron chi connectivity index (χ0n) is 18.4. The topological polar surface area (TPSA) is 89.4 Å². The number of fused-ring (bicyclic) bond motifs is 4. The van der Waals surface area contributed by atoms with Gasteiger partial charge in [0.25, 0.3) is 5.89 Å². The lowest BCUT2D eigenvalue weighted by molar-refractivity contribution is 0.0465. The molecule has 6 rings (SSSR count). The number of nitrogens with zero attached hydrogens (tertiary/aromatic N) is 6. The van der Waals surface area contributed by atoms with Crippen molar-refractivity contribution >= 4 is 22.9 Å². The molecule has 3 fully saturated rings. The average Bonchev–Trinajstić information content (AvgIpc) is 3.36. The predicted molar refractivity (Wildman–Crippen MR) is 116 cm³/mol. The van der Waals surface area contributed by atoms with Crippen LogP contribution in [0.5, 0.6) is 0 Å². The predicted octanol–water partition coefficient (Wildman–Crippen LogP) is 2.26. The molecule has 2 unspecified atom stereocenters. The van der Waals surface area contributed by atoms with Crippen LogP contribution < -0.4 is 10.6 Å². The lowest BCUT2D eigenvalue weighted by Gasteiger charge is -2.51. The Bertz CT molecular complexity index is 1190. The van der Waals surface area contributed by atoms with Crippen LogP contribution in [-0.4, -0.2) is 55.1 Å². The van der Waals surface area contributed by atoms with Gasteiger partial charge >= 0.3 is 11.6 Å². The van der Waals surface area contributed by atoms with Crippen LogP contribution in [0.1, 0.15) is 44.3 Å². The van der Waals surface area contributed by atoms with Crippen molar-refractivity contribution in [3.05, 3.63) is 41.0 Å². The van der Waals surface area contributed by atoms with Gasteiger partial charge in [-0.1, -0.05) is 20.8 Å². The van der Waals surface area contributed by atoms with Gasteiger partial charge in [0.15, 0.2) is 5.65 Å². The molecule has 0 N–H and O–H groups in total. The largest absolute Gasteiger partial charge is 0.441 e. The summed E-state index contributed by atoms with van der Waals surface area (Å²) in [6.45, 7) is 8.33. The lowest BCUT2D eigenvalue weighted by atomic mass is 9.90. The first-order chi connectivity index (χ1) is 14.7. The Kier molecular flexibility index (Phi) is 4.46. The maximum atomic E-state index is 12.8. The number of carbonyl (C=O) groups is 1. The smallest absolute Gasteiger partial charge is 0.330 e. The van der Waals surface area contributed by atoms with Gasteiger partial charge in [-0.05, 0) is 30.4 Å². The summed E-state index contributed by atoms with van der Waals surface area (Å²) in [5.41, 5.74) is 1.49. The van der Waals surface area contributed by atoms with Crippen LogP contribution in [0.15, 0.2) is 33.8 Å². The zero-order valence-corrected chi connectivity index (χ0v) is 18.4. The molecular formula is C22H28N6O3. The molecule has 3 aromatic rings. The van der Waals surface area contributed by atoms with E-state index in [0.717, 1.165) is 24.2 Å². The molecule has 6 heterocycles. The number of pyridine rings is 1. The second-order valence-corrected chi connectivity index (χ2v) is 9.83. The van der Waals surface area contributed by atoms with Gasteiger partial charge < -0.3 is 14.2 Å². The van der Waals surface area contributed by atoms with E-state index in [9.17, 15) is 9.59 Å². The summed E-state index contributed by atoms with van der Waals surface area (Å²) < 4.78 is 8.65. The molecule has 2 bridgehead atoms.